The van der Waals surface area contributed by atoms with Crippen molar-refractivity contribution in [3.63, 3.8) is 0 Å². The fraction of sp³-hybridized carbons (Fsp3) is 0.286. The molecule has 1 unspecified atom stereocenters. The van der Waals surface area contributed by atoms with Crippen molar-refractivity contribution in [1.29, 1.82) is 0 Å². The van der Waals surface area contributed by atoms with Crippen LogP contribution in [0.15, 0.2) is 30.3 Å². The highest BCUT2D eigenvalue weighted by molar-refractivity contribution is 7.11. The first-order valence-corrected chi connectivity index (χ1v) is 7.32. The third-order valence-corrected chi connectivity index (χ3v) is 4.58. The van der Waals surface area contributed by atoms with Gasteiger partial charge >= 0.3 is 0 Å². The summed E-state index contributed by atoms with van der Waals surface area (Å²) in [4.78, 5) is 2.57. The number of nitrogens with two attached hydrogens (primary N) is 1. The Balaban J connectivity index is 2.17. The van der Waals surface area contributed by atoms with Gasteiger partial charge in [-0.25, -0.2) is 4.39 Å². The summed E-state index contributed by atoms with van der Waals surface area (Å²) in [5.74, 6) is 5.16. The Morgan fingerprint density at radius 1 is 1.32 bits per heavy atom. The first-order chi connectivity index (χ1) is 9.13. The minimum atomic E-state index is -0.417. The lowest BCUT2D eigenvalue weighted by Gasteiger charge is -2.15. The highest BCUT2D eigenvalue weighted by Gasteiger charge is 2.13. The lowest BCUT2D eigenvalue weighted by atomic mass is 10.0. The summed E-state index contributed by atoms with van der Waals surface area (Å²) in [5, 5.41) is 0.129. The number of hydrogen-bond donors (Lipinski definition) is 2. The molecule has 3 N–H and O–H groups in total. The van der Waals surface area contributed by atoms with Crippen molar-refractivity contribution < 1.29 is 4.39 Å². The van der Waals surface area contributed by atoms with E-state index in [0.29, 0.717) is 0 Å². The Morgan fingerprint density at radius 2 is 2.05 bits per heavy atom. The monoisotopic (exact) mass is 298 g/mol. The highest BCUT2D eigenvalue weighted by Crippen LogP contribution is 2.26. The summed E-state index contributed by atoms with van der Waals surface area (Å²) in [6, 6.07) is 8.89. The van der Waals surface area contributed by atoms with E-state index in [1.165, 1.54) is 15.8 Å². The Labute approximate surface area is 121 Å². The van der Waals surface area contributed by atoms with E-state index < -0.39 is 5.82 Å². The van der Waals surface area contributed by atoms with E-state index in [4.69, 9.17) is 17.4 Å². The maximum atomic E-state index is 13.5. The molecule has 2 aromatic rings. The molecule has 0 radical (unpaired) electrons. The van der Waals surface area contributed by atoms with E-state index >= 15 is 0 Å². The zero-order valence-corrected chi connectivity index (χ0v) is 12.2. The zero-order valence-electron chi connectivity index (χ0n) is 10.6. The predicted octanol–water partition coefficient (Wildman–Crippen LogP) is 3.85. The second kappa shape index (κ2) is 6.48. The minimum Gasteiger partial charge on any atom is -0.271 e. The minimum absolute atomic E-state index is 0.116. The van der Waals surface area contributed by atoms with Crippen molar-refractivity contribution in [2.75, 3.05) is 0 Å². The third kappa shape index (κ3) is 3.54. The van der Waals surface area contributed by atoms with Crippen LogP contribution < -0.4 is 11.3 Å². The second-order valence-electron chi connectivity index (χ2n) is 4.32. The van der Waals surface area contributed by atoms with Crippen LogP contribution in [0.3, 0.4) is 0 Å². The number of hydrazine groups is 1. The molecular formula is C14H16ClFN2S. The molecule has 102 valence electrons. The van der Waals surface area contributed by atoms with Crippen LogP contribution >= 0.6 is 22.9 Å². The molecule has 0 aliphatic carbocycles. The van der Waals surface area contributed by atoms with Crippen LogP contribution in [0.25, 0.3) is 0 Å². The van der Waals surface area contributed by atoms with Crippen molar-refractivity contribution in [2.24, 2.45) is 5.84 Å². The Kier molecular flexibility index (Phi) is 4.93. The van der Waals surface area contributed by atoms with Crippen LogP contribution in [0.2, 0.25) is 5.02 Å². The molecule has 19 heavy (non-hydrogen) atoms. The highest BCUT2D eigenvalue weighted by atomic mass is 35.5. The van der Waals surface area contributed by atoms with E-state index in [0.717, 1.165) is 18.4 Å². The van der Waals surface area contributed by atoms with E-state index in [-0.39, 0.29) is 11.1 Å². The standard InChI is InChI=1S/C14H16ClFN2S/c1-2-10-4-5-11(19-10)8-14(18-17)9-3-6-12(15)13(16)7-9/h3-7,14,18H,2,8,17H2,1H3. The number of rotatable bonds is 5. The van der Waals surface area contributed by atoms with Crippen molar-refractivity contribution in [1.82, 2.24) is 5.43 Å². The largest absolute Gasteiger partial charge is 0.271 e. The fourth-order valence-corrected chi connectivity index (χ4v) is 3.05. The molecule has 0 spiro atoms. The first kappa shape index (κ1) is 14.5. The molecule has 0 amide bonds. The smallest absolute Gasteiger partial charge is 0.142 e. The Hall–Kier alpha value is -0.940. The van der Waals surface area contributed by atoms with Gasteiger partial charge in [0.2, 0.25) is 0 Å². The second-order valence-corrected chi connectivity index (χ2v) is 5.98. The van der Waals surface area contributed by atoms with Gasteiger partial charge in [0.1, 0.15) is 5.82 Å². The summed E-state index contributed by atoms with van der Waals surface area (Å²) >= 11 is 7.45. The SMILES string of the molecule is CCc1ccc(CC(NN)c2ccc(Cl)c(F)c2)s1. The van der Waals surface area contributed by atoms with Gasteiger partial charge in [-0.2, -0.15) is 0 Å². The van der Waals surface area contributed by atoms with Crippen LogP contribution in [0, 0.1) is 5.82 Å². The number of aryl methyl sites for hydroxylation is 1. The van der Waals surface area contributed by atoms with Crippen LogP contribution in [-0.4, -0.2) is 0 Å². The molecule has 1 aromatic carbocycles. The molecule has 0 saturated heterocycles. The maximum Gasteiger partial charge on any atom is 0.142 e. The quantitative estimate of drug-likeness (QED) is 0.650. The molecule has 0 fully saturated rings. The molecule has 1 aromatic heterocycles. The predicted molar refractivity (Wildman–Crippen MR) is 78.9 cm³/mol. The number of benzene rings is 1. The van der Waals surface area contributed by atoms with Gasteiger partial charge in [-0.15, -0.1) is 11.3 Å². The van der Waals surface area contributed by atoms with Crippen LogP contribution in [0.5, 0.6) is 0 Å². The molecule has 5 heteroatoms. The van der Waals surface area contributed by atoms with Crippen LogP contribution in [0.4, 0.5) is 4.39 Å². The average Bonchev–Trinajstić information content (AvgIpc) is 2.87. The fourth-order valence-electron chi connectivity index (χ4n) is 1.93. The van der Waals surface area contributed by atoms with Crippen LogP contribution in [0.1, 0.15) is 28.3 Å². The lowest BCUT2D eigenvalue weighted by molar-refractivity contribution is 0.548. The third-order valence-electron chi connectivity index (χ3n) is 3.02. The number of nitrogens with one attached hydrogen (secondary N) is 1. The van der Waals surface area contributed by atoms with E-state index in [2.05, 4.69) is 24.5 Å². The molecule has 0 aliphatic rings. The van der Waals surface area contributed by atoms with Gasteiger partial charge < -0.3 is 0 Å². The molecule has 2 rings (SSSR count). The summed E-state index contributed by atoms with van der Waals surface area (Å²) < 4.78 is 13.5. The molecular weight excluding hydrogens is 283 g/mol. The van der Waals surface area contributed by atoms with Gasteiger partial charge in [-0.05, 0) is 36.2 Å². The van der Waals surface area contributed by atoms with Crippen molar-refractivity contribution >= 4 is 22.9 Å². The normalized spacial score (nSPS) is 12.6. The maximum absolute atomic E-state index is 13.5. The molecule has 0 bridgehead atoms. The molecule has 1 atom stereocenters. The van der Waals surface area contributed by atoms with Gasteiger partial charge in [-0.1, -0.05) is 24.6 Å². The van der Waals surface area contributed by atoms with E-state index in [9.17, 15) is 4.39 Å². The lowest BCUT2D eigenvalue weighted by Crippen LogP contribution is -2.29. The summed E-state index contributed by atoms with van der Waals surface area (Å²) in [5.41, 5.74) is 3.54. The molecule has 0 aliphatic heterocycles. The van der Waals surface area contributed by atoms with Gasteiger partial charge in [0.15, 0.2) is 0 Å². The van der Waals surface area contributed by atoms with Crippen molar-refractivity contribution in [2.45, 2.75) is 25.8 Å². The summed E-state index contributed by atoms with van der Waals surface area (Å²) in [6.07, 6.45) is 1.77. The summed E-state index contributed by atoms with van der Waals surface area (Å²) in [6.45, 7) is 2.13. The average molecular weight is 299 g/mol. The number of halogens is 2. The topological polar surface area (TPSA) is 38.0 Å². The van der Waals surface area contributed by atoms with Gasteiger partial charge in [0.05, 0.1) is 11.1 Å². The van der Waals surface area contributed by atoms with Crippen molar-refractivity contribution in [3.8, 4) is 0 Å². The number of hydrogen-bond acceptors (Lipinski definition) is 3. The summed E-state index contributed by atoms with van der Waals surface area (Å²) in [7, 11) is 0. The van der Waals surface area contributed by atoms with Gasteiger partial charge in [0.25, 0.3) is 0 Å². The van der Waals surface area contributed by atoms with E-state index in [1.807, 2.05) is 0 Å². The van der Waals surface area contributed by atoms with Gasteiger partial charge in [0, 0.05) is 16.2 Å². The van der Waals surface area contributed by atoms with Crippen LogP contribution in [-0.2, 0) is 12.8 Å². The number of thiophene rings is 1. The Bertz CT molecular complexity index is 556. The molecule has 2 nitrogen and oxygen atoms in total. The molecule has 1 heterocycles. The first-order valence-electron chi connectivity index (χ1n) is 6.12. The molecule has 0 saturated carbocycles. The van der Waals surface area contributed by atoms with E-state index in [1.54, 1.807) is 23.5 Å². The Morgan fingerprint density at radius 3 is 2.63 bits per heavy atom. The van der Waals surface area contributed by atoms with Gasteiger partial charge in [-0.3, -0.25) is 11.3 Å². The van der Waals surface area contributed by atoms with Crippen molar-refractivity contribution in [3.05, 3.63) is 56.5 Å². The zero-order chi connectivity index (χ0) is 13.8.